The van der Waals surface area contributed by atoms with Gasteiger partial charge in [0, 0.05) is 0 Å². The van der Waals surface area contributed by atoms with Crippen LogP contribution in [0.1, 0.15) is 67.2 Å². The number of rotatable bonds is 10. The summed E-state index contributed by atoms with van der Waals surface area (Å²) < 4.78 is 58.7. The molecular formula is C26H32F4N2O2Ti. The second-order valence-electron chi connectivity index (χ2n) is 9.87. The van der Waals surface area contributed by atoms with Gasteiger partial charge in [0.05, 0.1) is 0 Å². The minimum atomic E-state index is -2.19. The molecular weight excluding hydrogens is 496 g/mol. The van der Waals surface area contributed by atoms with E-state index in [1.807, 2.05) is 13.8 Å². The molecule has 0 bridgehead atoms. The van der Waals surface area contributed by atoms with Crippen LogP contribution in [0.25, 0.3) is 0 Å². The standard InChI is InChI=1S/2C13H16F2NO.Ti/c2*1-4-7-13(2,3)12(17)16-11-6-5-9(14)8-10(11)15;/h2*5-6H,4,7H2,1-3H3,(H,16,17);. The van der Waals surface area contributed by atoms with Crippen molar-refractivity contribution in [3.05, 3.63) is 47.5 Å². The van der Waals surface area contributed by atoms with Crippen molar-refractivity contribution < 1.29 is 46.3 Å². The Morgan fingerprint density at radius 1 is 0.714 bits per heavy atom. The summed E-state index contributed by atoms with van der Waals surface area (Å²) in [5.74, 6) is -4.89. The third-order valence-electron chi connectivity index (χ3n) is 5.91. The number of halogens is 4. The van der Waals surface area contributed by atoms with Gasteiger partial charge in [0.2, 0.25) is 0 Å². The zero-order chi connectivity index (χ0) is 26.6. The monoisotopic (exact) mass is 528 g/mol. The molecule has 0 aliphatic rings. The topological polar surface area (TPSA) is 58.2 Å². The SMILES string of the molecule is CCCC(C)(C)C(=O)Nc1ccc(F)[c]([Ti][c]2c(F)ccc(NC(=O)C(C)(C)CCC)c2F)c1F. The van der Waals surface area contributed by atoms with Gasteiger partial charge in [0.25, 0.3) is 0 Å². The van der Waals surface area contributed by atoms with Crippen molar-refractivity contribution >= 4 is 30.9 Å². The van der Waals surface area contributed by atoms with Gasteiger partial charge in [0.15, 0.2) is 0 Å². The van der Waals surface area contributed by atoms with Gasteiger partial charge in [-0.15, -0.1) is 0 Å². The first-order valence-electron chi connectivity index (χ1n) is 11.6. The predicted octanol–water partition coefficient (Wildman–Crippen LogP) is 5.81. The Balaban J connectivity index is 2.39. The number of hydrogen-bond acceptors (Lipinski definition) is 2. The first-order valence-corrected chi connectivity index (χ1v) is 13.2. The number of carbonyl (C=O) groups excluding carboxylic acids is 2. The molecule has 0 saturated heterocycles. The molecule has 0 aromatic heterocycles. The quantitative estimate of drug-likeness (QED) is 0.302. The zero-order valence-electron chi connectivity index (χ0n) is 21.0. The van der Waals surface area contributed by atoms with E-state index in [0.29, 0.717) is 12.8 Å². The van der Waals surface area contributed by atoms with Crippen LogP contribution in [0.3, 0.4) is 0 Å². The number of hydrogen-bond donors (Lipinski definition) is 2. The fourth-order valence-corrected chi connectivity index (χ4v) is 5.50. The number of carbonyl (C=O) groups is 2. The summed E-state index contributed by atoms with van der Waals surface area (Å²) in [6, 6.07) is 4.14. The summed E-state index contributed by atoms with van der Waals surface area (Å²) in [6.45, 7) is 10.7. The van der Waals surface area contributed by atoms with Gasteiger partial charge in [-0.25, -0.2) is 0 Å². The number of amides is 2. The van der Waals surface area contributed by atoms with E-state index in [9.17, 15) is 18.4 Å². The molecule has 0 aliphatic heterocycles. The predicted molar refractivity (Wildman–Crippen MR) is 127 cm³/mol. The summed E-state index contributed by atoms with van der Waals surface area (Å²) in [6.07, 6.45) is 2.61. The molecule has 2 aromatic carbocycles. The van der Waals surface area contributed by atoms with E-state index in [-0.39, 0.29) is 11.4 Å². The van der Waals surface area contributed by atoms with Crippen LogP contribution in [0.5, 0.6) is 0 Å². The second-order valence-corrected chi connectivity index (χ2v) is 11.8. The third-order valence-corrected chi connectivity index (χ3v) is 8.12. The molecule has 9 heteroatoms. The van der Waals surface area contributed by atoms with Crippen molar-refractivity contribution in [2.75, 3.05) is 10.6 Å². The van der Waals surface area contributed by atoms with Crippen LogP contribution < -0.4 is 18.4 Å². The fraction of sp³-hybridized carbons (Fsp3) is 0.462. The van der Waals surface area contributed by atoms with Gasteiger partial charge < -0.3 is 0 Å². The Hall–Kier alpha value is -2.19. The van der Waals surface area contributed by atoms with Gasteiger partial charge in [-0.3, -0.25) is 0 Å². The zero-order valence-corrected chi connectivity index (χ0v) is 22.5. The number of nitrogens with one attached hydrogen (secondary N) is 2. The summed E-state index contributed by atoms with van der Waals surface area (Å²) in [7, 11) is 0. The van der Waals surface area contributed by atoms with E-state index in [4.69, 9.17) is 0 Å². The van der Waals surface area contributed by atoms with Crippen molar-refractivity contribution in [1.29, 1.82) is 0 Å². The van der Waals surface area contributed by atoms with E-state index in [1.165, 1.54) is 0 Å². The number of anilines is 2. The molecule has 2 aromatic rings. The van der Waals surface area contributed by atoms with Gasteiger partial charge >= 0.3 is 213 Å². The molecule has 190 valence electrons. The Kier molecular flexibility index (Phi) is 9.71. The van der Waals surface area contributed by atoms with E-state index in [0.717, 1.165) is 37.1 Å². The Labute approximate surface area is 213 Å². The molecule has 0 atom stereocenters. The van der Waals surface area contributed by atoms with Crippen LogP contribution in [0, 0.1) is 34.1 Å². The van der Waals surface area contributed by atoms with Crippen molar-refractivity contribution in [3.63, 3.8) is 0 Å². The summed E-state index contributed by atoms with van der Waals surface area (Å²) >= 11 is -2.19. The Morgan fingerprint density at radius 2 is 1.06 bits per heavy atom. The van der Waals surface area contributed by atoms with Crippen molar-refractivity contribution in [1.82, 2.24) is 0 Å². The minimum absolute atomic E-state index is 0.245. The van der Waals surface area contributed by atoms with Crippen molar-refractivity contribution in [2.24, 2.45) is 10.8 Å². The normalized spacial score (nSPS) is 11.8. The van der Waals surface area contributed by atoms with Crippen molar-refractivity contribution in [2.45, 2.75) is 67.2 Å². The molecule has 4 nitrogen and oxygen atoms in total. The molecule has 2 N–H and O–H groups in total. The van der Waals surface area contributed by atoms with E-state index >= 15 is 8.78 Å². The summed E-state index contributed by atoms with van der Waals surface area (Å²) in [5.41, 5.74) is -2.04. The van der Waals surface area contributed by atoms with Crippen LogP contribution >= 0.6 is 0 Å². The molecule has 0 saturated carbocycles. The molecule has 0 heterocycles. The molecule has 0 radical (unpaired) electrons. The van der Waals surface area contributed by atoms with Crippen LogP contribution in [-0.4, -0.2) is 11.8 Å². The average molecular weight is 528 g/mol. The van der Waals surface area contributed by atoms with Gasteiger partial charge in [0.1, 0.15) is 0 Å². The molecule has 0 fully saturated rings. The summed E-state index contributed by atoms with van der Waals surface area (Å²) in [5, 5.41) is 4.96. The second kappa shape index (κ2) is 11.7. The molecule has 2 amide bonds. The van der Waals surface area contributed by atoms with Gasteiger partial charge in [-0.2, -0.15) is 0 Å². The van der Waals surface area contributed by atoms with Gasteiger partial charge in [-0.1, -0.05) is 0 Å². The van der Waals surface area contributed by atoms with Crippen LogP contribution in [0.15, 0.2) is 24.3 Å². The average Bonchev–Trinajstić information content (AvgIpc) is 2.76. The first kappa shape index (κ1) is 29.0. The van der Waals surface area contributed by atoms with Crippen LogP contribution in [-0.2, 0) is 28.7 Å². The van der Waals surface area contributed by atoms with E-state index < -0.39 is 72.8 Å². The first-order chi connectivity index (χ1) is 16.2. The molecule has 0 unspecified atom stereocenters. The maximum absolute atomic E-state index is 15.2. The molecule has 0 aliphatic carbocycles. The van der Waals surface area contributed by atoms with Gasteiger partial charge in [-0.05, 0) is 0 Å². The molecule has 2 rings (SSSR count). The van der Waals surface area contributed by atoms with E-state index in [2.05, 4.69) is 10.6 Å². The van der Waals surface area contributed by atoms with Crippen LogP contribution in [0.2, 0.25) is 0 Å². The number of benzene rings is 2. The summed E-state index contributed by atoms with van der Waals surface area (Å²) in [4.78, 5) is 25.2. The van der Waals surface area contributed by atoms with Crippen LogP contribution in [0.4, 0.5) is 28.9 Å². The maximum atomic E-state index is 15.2. The third kappa shape index (κ3) is 6.94. The fourth-order valence-electron chi connectivity index (χ4n) is 3.71. The van der Waals surface area contributed by atoms with E-state index in [1.54, 1.807) is 27.7 Å². The Bertz CT molecular complexity index is 1020. The van der Waals surface area contributed by atoms with Crippen molar-refractivity contribution in [3.8, 4) is 0 Å². The Morgan fingerprint density at radius 3 is 1.37 bits per heavy atom. The molecule has 0 spiro atoms. The molecule has 35 heavy (non-hydrogen) atoms.